The van der Waals surface area contributed by atoms with Gasteiger partial charge in [0.2, 0.25) is 29.5 Å². The Morgan fingerprint density at radius 3 is 2.25 bits per heavy atom. The fourth-order valence-electron chi connectivity index (χ4n) is 7.64. The monoisotopic (exact) mass is 798 g/mol. The standard InChI is InChI=1S/C42H51ClN8O6/c1-27-15-17-29(18-16-27)25-48-38(54)34(14-9-20-46-41(45)57)50-37(53)32(23-30-26-47-33-13-6-5-12-31(30)33)42(40(44)56)19-7-8-21-51(42)39(55)35(49-36(52)24-43)22-28-10-3-2-4-11-28/h2-6,10-13,15-18,26,32,34-35,47H,7-9,14,19-25H2,1H3,(H2,44,56)(H,48,54)(H,49,52)(H,50,53)(H3,45,46,57)/t32-,34+,35+,42?/m1/s1. The number of likely N-dealkylation sites (tertiary alicyclic amines) is 1. The normalized spacial score (nSPS) is 16.8. The van der Waals surface area contributed by atoms with Gasteiger partial charge in [0.25, 0.3) is 0 Å². The molecule has 1 unspecified atom stereocenters. The number of halogens is 1. The minimum atomic E-state index is -1.87. The molecule has 57 heavy (non-hydrogen) atoms. The Morgan fingerprint density at radius 1 is 0.825 bits per heavy atom. The van der Waals surface area contributed by atoms with Crippen molar-refractivity contribution in [1.29, 1.82) is 0 Å². The zero-order chi connectivity index (χ0) is 41.0. The van der Waals surface area contributed by atoms with E-state index < -0.39 is 65.0 Å². The molecule has 0 saturated carbocycles. The summed E-state index contributed by atoms with van der Waals surface area (Å²) in [7, 11) is 0. The Hall–Kier alpha value is -5.89. The molecule has 302 valence electrons. The van der Waals surface area contributed by atoms with Crippen molar-refractivity contribution in [3.8, 4) is 0 Å². The smallest absolute Gasteiger partial charge is 0.312 e. The van der Waals surface area contributed by atoms with Gasteiger partial charge in [-0.15, -0.1) is 11.6 Å². The zero-order valence-corrected chi connectivity index (χ0v) is 32.8. The molecule has 7 amide bonds. The number of carbonyl (C=O) groups excluding carboxylic acids is 6. The zero-order valence-electron chi connectivity index (χ0n) is 32.0. The van der Waals surface area contributed by atoms with Crippen LogP contribution in [0.25, 0.3) is 10.9 Å². The molecule has 3 aromatic carbocycles. The third-order valence-corrected chi connectivity index (χ3v) is 10.8. The first-order chi connectivity index (χ1) is 27.4. The van der Waals surface area contributed by atoms with Gasteiger partial charge in [0, 0.05) is 43.2 Å². The van der Waals surface area contributed by atoms with Crippen molar-refractivity contribution in [2.75, 3.05) is 19.0 Å². The number of para-hydroxylation sites is 1. The van der Waals surface area contributed by atoms with E-state index >= 15 is 4.79 Å². The molecule has 2 heterocycles. The molecule has 1 saturated heterocycles. The summed E-state index contributed by atoms with van der Waals surface area (Å²) in [6.45, 7) is 2.38. The number of nitrogens with zero attached hydrogens (tertiary/aromatic N) is 1. The topological polar surface area (TPSA) is 222 Å². The summed E-state index contributed by atoms with van der Waals surface area (Å²) < 4.78 is 0. The molecule has 5 rings (SSSR count). The lowest BCUT2D eigenvalue weighted by molar-refractivity contribution is -0.160. The second-order valence-electron chi connectivity index (χ2n) is 14.5. The lowest BCUT2D eigenvalue weighted by Gasteiger charge is -2.50. The number of alkyl halides is 1. The van der Waals surface area contributed by atoms with E-state index in [0.29, 0.717) is 18.4 Å². The fourth-order valence-corrected chi connectivity index (χ4v) is 7.72. The van der Waals surface area contributed by atoms with Crippen LogP contribution >= 0.6 is 11.6 Å². The quantitative estimate of drug-likeness (QED) is 0.0592. The van der Waals surface area contributed by atoms with E-state index in [1.165, 1.54) is 4.90 Å². The van der Waals surface area contributed by atoms with Crippen LogP contribution in [0, 0.1) is 12.8 Å². The Morgan fingerprint density at radius 2 is 1.54 bits per heavy atom. The van der Waals surface area contributed by atoms with Crippen molar-refractivity contribution in [3.63, 3.8) is 0 Å². The third-order valence-electron chi connectivity index (χ3n) is 10.6. The van der Waals surface area contributed by atoms with Crippen LogP contribution in [-0.4, -0.2) is 82.0 Å². The molecule has 0 spiro atoms. The summed E-state index contributed by atoms with van der Waals surface area (Å²) in [5, 5.41) is 11.9. The van der Waals surface area contributed by atoms with Crippen molar-refractivity contribution in [2.45, 2.75) is 76.0 Å². The number of aromatic nitrogens is 1. The first-order valence-corrected chi connectivity index (χ1v) is 19.7. The molecule has 1 fully saturated rings. The maximum atomic E-state index is 15.0. The number of aryl methyl sites for hydroxylation is 1. The third kappa shape index (κ3) is 10.7. The van der Waals surface area contributed by atoms with E-state index in [1.54, 1.807) is 6.20 Å². The van der Waals surface area contributed by atoms with E-state index in [-0.39, 0.29) is 51.7 Å². The lowest BCUT2D eigenvalue weighted by Crippen LogP contribution is -2.71. The molecular weight excluding hydrogens is 748 g/mol. The van der Waals surface area contributed by atoms with E-state index in [9.17, 15) is 24.0 Å². The largest absolute Gasteiger partial charge is 0.368 e. The van der Waals surface area contributed by atoms with Gasteiger partial charge in [0.15, 0.2) is 0 Å². The van der Waals surface area contributed by atoms with E-state index in [4.69, 9.17) is 23.1 Å². The molecule has 0 aliphatic carbocycles. The number of carbonyl (C=O) groups is 6. The van der Waals surface area contributed by atoms with Crippen LogP contribution in [0.1, 0.15) is 54.4 Å². The number of rotatable bonds is 18. The maximum Gasteiger partial charge on any atom is 0.312 e. The van der Waals surface area contributed by atoms with E-state index in [1.807, 2.05) is 85.8 Å². The minimum Gasteiger partial charge on any atom is -0.368 e. The van der Waals surface area contributed by atoms with Crippen LogP contribution in [0.2, 0.25) is 0 Å². The molecule has 0 radical (unpaired) electrons. The van der Waals surface area contributed by atoms with Crippen LogP contribution in [0.5, 0.6) is 0 Å². The molecule has 1 aromatic heterocycles. The molecule has 4 atom stereocenters. The summed E-state index contributed by atoms with van der Waals surface area (Å²) in [4.78, 5) is 86.6. The summed E-state index contributed by atoms with van der Waals surface area (Å²) in [5.41, 5.74) is 13.9. The van der Waals surface area contributed by atoms with Crippen LogP contribution in [-0.2, 0) is 43.4 Å². The van der Waals surface area contributed by atoms with Crippen LogP contribution in [0.4, 0.5) is 4.79 Å². The highest BCUT2D eigenvalue weighted by Crippen LogP contribution is 2.39. The molecule has 1 aliphatic rings. The van der Waals surface area contributed by atoms with Crippen molar-refractivity contribution in [1.82, 2.24) is 31.2 Å². The van der Waals surface area contributed by atoms with Crippen molar-refractivity contribution in [3.05, 3.63) is 107 Å². The van der Waals surface area contributed by atoms with Crippen LogP contribution in [0.15, 0.2) is 85.1 Å². The molecule has 14 nitrogen and oxygen atoms in total. The molecule has 4 aromatic rings. The number of aromatic amines is 1. The van der Waals surface area contributed by atoms with Gasteiger partial charge in [0.05, 0.1) is 5.92 Å². The number of benzene rings is 3. The average molecular weight is 799 g/mol. The van der Waals surface area contributed by atoms with Crippen molar-refractivity contribution < 1.29 is 28.8 Å². The summed E-state index contributed by atoms with van der Waals surface area (Å²) in [6.07, 6.45) is 3.27. The van der Waals surface area contributed by atoms with E-state index in [0.717, 1.165) is 27.6 Å². The van der Waals surface area contributed by atoms with Gasteiger partial charge in [-0.05, 0) is 68.2 Å². The highest BCUT2D eigenvalue weighted by molar-refractivity contribution is 6.27. The van der Waals surface area contributed by atoms with Gasteiger partial charge < -0.3 is 42.6 Å². The number of piperidine rings is 1. The SMILES string of the molecule is Cc1ccc(CNC(=O)[C@H](CCCNC(N)=O)NC(=O)[C@@H](Cc2c[nH]c3ccccc23)C2(C(N)=O)CCCCN2C(=O)[C@H](Cc2ccccc2)NC(=O)CCl)cc1. The van der Waals surface area contributed by atoms with Crippen molar-refractivity contribution >= 4 is 58.1 Å². The van der Waals surface area contributed by atoms with Crippen LogP contribution in [0.3, 0.4) is 0 Å². The number of nitrogens with two attached hydrogens (primary N) is 2. The summed E-state index contributed by atoms with van der Waals surface area (Å²) in [6, 6.07) is 21.3. The van der Waals surface area contributed by atoms with Crippen LogP contribution < -0.4 is 32.7 Å². The highest BCUT2D eigenvalue weighted by atomic mass is 35.5. The predicted octanol–water partition coefficient (Wildman–Crippen LogP) is 3.09. The fraction of sp³-hybridized carbons (Fsp3) is 0.381. The number of hydrogen-bond donors (Lipinski definition) is 7. The number of urea groups is 1. The molecule has 15 heteroatoms. The Balaban J connectivity index is 1.54. The number of H-pyrrole nitrogens is 1. The number of fused-ring (bicyclic) bond motifs is 1. The van der Waals surface area contributed by atoms with Gasteiger partial charge >= 0.3 is 6.03 Å². The molecule has 0 bridgehead atoms. The number of amides is 7. The Labute approximate surface area is 336 Å². The minimum absolute atomic E-state index is 0.0269. The predicted molar refractivity (Wildman–Crippen MR) is 218 cm³/mol. The molecule has 1 aliphatic heterocycles. The van der Waals surface area contributed by atoms with Gasteiger partial charge in [-0.1, -0.05) is 78.4 Å². The van der Waals surface area contributed by atoms with Crippen molar-refractivity contribution in [2.24, 2.45) is 17.4 Å². The summed E-state index contributed by atoms with van der Waals surface area (Å²) >= 11 is 5.89. The van der Waals surface area contributed by atoms with Gasteiger partial charge in [0.1, 0.15) is 23.5 Å². The van der Waals surface area contributed by atoms with Gasteiger partial charge in [-0.2, -0.15) is 0 Å². The number of primary amides is 2. The van der Waals surface area contributed by atoms with E-state index in [2.05, 4.69) is 26.3 Å². The maximum absolute atomic E-state index is 15.0. The number of hydrogen-bond acceptors (Lipinski definition) is 6. The lowest BCUT2D eigenvalue weighted by atomic mass is 9.71. The summed E-state index contributed by atoms with van der Waals surface area (Å²) in [5.74, 6) is -4.87. The highest BCUT2D eigenvalue weighted by Gasteiger charge is 2.56. The first-order valence-electron chi connectivity index (χ1n) is 19.2. The Kier molecular flexibility index (Phi) is 14.7. The second kappa shape index (κ2) is 19.8. The molecular formula is C42H51ClN8O6. The Bertz CT molecular complexity index is 2040. The molecule has 9 N–H and O–H groups in total. The van der Waals surface area contributed by atoms with Gasteiger partial charge in [-0.25, -0.2) is 4.79 Å². The first kappa shape index (κ1) is 42.3. The number of nitrogens with one attached hydrogen (secondary N) is 5. The van der Waals surface area contributed by atoms with Gasteiger partial charge in [-0.3, -0.25) is 24.0 Å². The second-order valence-corrected chi connectivity index (χ2v) is 14.8. The average Bonchev–Trinajstić information content (AvgIpc) is 3.62.